The number of para-hydroxylation sites is 5. The molecule has 0 fully saturated rings. The van der Waals surface area contributed by atoms with Crippen molar-refractivity contribution in [2.24, 2.45) is 0 Å². The second-order valence-corrected chi connectivity index (χ2v) is 17.6. The Hall–Kier alpha value is -9.18. The van der Waals surface area contributed by atoms with Crippen LogP contribution in [0.25, 0.3) is 105 Å². The predicted octanol–water partition coefficient (Wildman–Crippen LogP) is 18.5. The van der Waals surface area contributed by atoms with Gasteiger partial charge < -0.3 is 13.9 Å². The molecule has 13 aromatic rings. The lowest BCUT2D eigenvalue weighted by atomic mass is 9.94. The fourth-order valence-corrected chi connectivity index (χ4v) is 10.4. The van der Waals surface area contributed by atoms with Crippen molar-refractivity contribution in [1.82, 2.24) is 4.57 Å². The molecule has 0 saturated heterocycles. The molecule has 0 bridgehead atoms. The van der Waals surface area contributed by atoms with Crippen molar-refractivity contribution >= 4 is 60.8 Å². The highest BCUT2D eigenvalue weighted by atomic mass is 16.3. The van der Waals surface area contributed by atoms with Gasteiger partial charge in [0.2, 0.25) is 0 Å². The number of hydrogen-bond donors (Lipinski definition) is 0. The summed E-state index contributed by atoms with van der Waals surface area (Å²) in [6, 6.07) is 96.0. The highest BCUT2D eigenvalue weighted by Gasteiger charge is 2.19. The van der Waals surface area contributed by atoms with Crippen LogP contribution >= 0.6 is 0 Å². The maximum Gasteiger partial charge on any atom is 0.143 e. The minimum Gasteiger partial charge on any atom is -0.455 e. The van der Waals surface area contributed by atoms with Gasteiger partial charge in [0.15, 0.2) is 0 Å². The molecule has 0 N–H and O–H groups in total. The van der Waals surface area contributed by atoms with Gasteiger partial charge in [0.05, 0.1) is 16.7 Å². The zero-order valence-electron chi connectivity index (χ0n) is 37.7. The zero-order chi connectivity index (χ0) is 45.7. The smallest absolute Gasteiger partial charge is 0.143 e. The number of aromatic nitrogens is 1. The highest BCUT2D eigenvalue weighted by Crippen LogP contribution is 2.42. The Morgan fingerprint density at radius 1 is 0.275 bits per heavy atom. The Morgan fingerprint density at radius 2 is 0.725 bits per heavy atom. The third kappa shape index (κ3) is 7.08. The number of nitrogens with zero attached hydrogens (tertiary/aromatic N) is 2. The van der Waals surface area contributed by atoms with Crippen LogP contribution in [0.4, 0.5) is 17.1 Å². The minimum absolute atomic E-state index is 0.899. The normalized spacial score (nSPS) is 11.5. The summed E-state index contributed by atoms with van der Waals surface area (Å²) in [7, 11) is 0. The molecule has 11 aromatic carbocycles. The quantitative estimate of drug-likeness (QED) is 0.144. The van der Waals surface area contributed by atoms with Crippen LogP contribution in [0.5, 0.6) is 0 Å². The Bertz CT molecular complexity index is 3940. The van der Waals surface area contributed by atoms with E-state index >= 15 is 0 Å². The van der Waals surface area contributed by atoms with E-state index in [1.807, 2.05) is 12.1 Å². The van der Waals surface area contributed by atoms with Crippen molar-refractivity contribution in [2.75, 3.05) is 4.90 Å². The summed E-state index contributed by atoms with van der Waals surface area (Å²) in [5.41, 5.74) is 20.2. The summed E-state index contributed by atoms with van der Waals surface area (Å²) < 4.78 is 8.88. The van der Waals surface area contributed by atoms with Gasteiger partial charge in [0.25, 0.3) is 0 Å². The molecule has 13 rings (SSSR count). The molecule has 0 spiro atoms. The monoisotopic (exact) mass is 880 g/mol. The molecule has 2 aromatic heterocycles. The summed E-state index contributed by atoms with van der Waals surface area (Å²) in [4.78, 5) is 2.36. The van der Waals surface area contributed by atoms with E-state index in [9.17, 15) is 0 Å². The van der Waals surface area contributed by atoms with Crippen LogP contribution in [0, 0.1) is 0 Å². The first-order valence-corrected chi connectivity index (χ1v) is 23.6. The van der Waals surface area contributed by atoms with Gasteiger partial charge >= 0.3 is 0 Å². The molecule has 0 amide bonds. The predicted molar refractivity (Wildman–Crippen MR) is 290 cm³/mol. The fourth-order valence-electron chi connectivity index (χ4n) is 10.4. The van der Waals surface area contributed by atoms with Crippen LogP contribution in [0.3, 0.4) is 0 Å². The number of hydrogen-bond acceptors (Lipinski definition) is 2. The van der Waals surface area contributed by atoms with Gasteiger partial charge in [-0.15, -0.1) is 0 Å². The molecule has 0 aliphatic carbocycles. The van der Waals surface area contributed by atoms with E-state index in [-0.39, 0.29) is 0 Å². The molecule has 324 valence electrons. The van der Waals surface area contributed by atoms with E-state index in [0.29, 0.717) is 0 Å². The summed E-state index contributed by atoms with van der Waals surface area (Å²) in [6.45, 7) is 0. The number of anilines is 3. The third-order valence-corrected chi connectivity index (χ3v) is 13.6. The molecule has 0 radical (unpaired) electrons. The molecule has 0 aliphatic rings. The van der Waals surface area contributed by atoms with Gasteiger partial charge in [-0.05, 0) is 105 Å². The van der Waals surface area contributed by atoms with Crippen molar-refractivity contribution in [1.29, 1.82) is 0 Å². The maximum atomic E-state index is 6.47. The Morgan fingerprint density at radius 3 is 1.41 bits per heavy atom. The van der Waals surface area contributed by atoms with Crippen LogP contribution in [0.2, 0.25) is 0 Å². The lowest BCUT2D eigenvalue weighted by Crippen LogP contribution is -2.10. The first kappa shape index (κ1) is 40.1. The molecule has 0 saturated carbocycles. The zero-order valence-corrected chi connectivity index (χ0v) is 37.7. The summed E-state index contributed by atoms with van der Waals surface area (Å²) >= 11 is 0. The highest BCUT2D eigenvalue weighted by molar-refractivity contribution is 6.11. The summed E-state index contributed by atoms with van der Waals surface area (Å²) in [6.07, 6.45) is 0. The van der Waals surface area contributed by atoms with Crippen molar-refractivity contribution in [3.63, 3.8) is 0 Å². The third-order valence-electron chi connectivity index (χ3n) is 13.6. The average molecular weight is 881 g/mol. The van der Waals surface area contributed by atoms with E-state index < -0.39 is 0 Å². The summed E-state index contributed by atoms with van der Waals surface area (Å²) in [5.74, 6) is 0. The standard InChI is InChI=1S/C66H44N2O/c1-2-16-46(17-3-1)54-20-4-5-21-55(54)47-36-40-51(41-37-47)67(52-42-38-49(39-43-52)57-26-15-27-61-60-25-9-13-31-65(60)69-66(57)61)53-19-14-18-50(44-53)45-32-34-48(35-33-45)56-22-6-10-28-62(56)68-63-29-11-7-23-58(63)59-24-8-12-30-64(59)68/h1-44H. The first-order chi connectivity index (χ1) is 34.2. The number of rotatable bonds is 9. The number of benzene rings is 11. The van der Waals surface area contributed by atoms with E-state index in [0.717, 1.165) is 66.9 Å². The van der Waals surface area contributed by atoms with Crippen molar-refractivity contribution in [3.8, 4) is 61.3 Å². The average Bonchev–Trinajstić information content (AvgIpc) is 3.98. The second-order valence-electron chi connectivity index (χ2n) is 17.6. The van der Waals surface area contributed by atoms with Gasteiger partial charge in [-0.1, -0.05) is 206 Å². The summed E-state index contributed by atoms with van der Waals surface area (Å²) in [5, 5.41) is 4.77. The Kier molecular flexibility index (Phi) is 9.84. The van der Waals surface area contributed by atoms with E-state index in [1.54, 1.807) is 0 Å². The SMILES string of the molecule is c1ccc(-c2ccccc2-c2ccc(N(c3ccc(-c4cccc5c4oc4ccccc45)cc3)c3cccc(-c4ccc(-c5ccccc5-n5c6ccccc6c6ccccc65)cc4)c3)cc2)cc1. The van der Waals surface area contributed by atoms with Gasteiger partial charge in [-0.25, -0.2) is 0 Å². The van der Waals surface area contributed by atoms with Crippen LogP contribution < -0.4 is 4.90 Å². The van der Waals surface area contributed by atoms with E-state index in [2.05, 4.69) is 264 Å². The van der Waals surface area contributed by atoms with Gasteiger partial charge in [-0.2, -0.15) is 0 Å². The molecule has 0 aliphatic heterocycles. The Labute approximate surface area is 401 Å². The van der Waals surface area contributed by atoms with Crippen LogP contribution in [0.1, 0.15) is 0 Å². The fraction of sp³-hybridized carbons (Fsp3) is 0. The molecular weight excluding hydrogens is 837 g/mol. The largest absolute Gasteiger partial charge is 0.455 e. The molecule has 0 unspecified atom stereocenters. The molecular formula is C66H44N2O. The molecule has 69 heavy (non-hydrogen) atoms. The number of furan rings is 1. The van der Waals surface area contributed by atoms with Crippen LogP contribution in [-0.4, -0.2) is 4.57 Å². The van der Waals surface area contributed by atoms with Crippen LogP contribution in [0.15, 0.2) is 271 Å². The van der Waals surface area contributed by atoms with Crippen LogP contribution in [-0.2, 0) is 0 Å². The molecule has 2 heterocycles. The topological polar surface area (TPSA) is 21.3 Å². The molecule has 3 nitrogen and oxygen atoms in total. The van der Waals surface area contributed by atoms with Crippen molar-refractivity contribution in [3.05, 3.63) is 267 Å². The van der Waals surface area contributed by atoms with Gasteiger partial charge in [-0.3, -0.25) is 0 Å². The van der Waals surface area contributed by atoms with Gasteiger partial charge in [0, 0.05) is 49.7 Å². The van der Waals surface area contributed by atoms with E-state index in [4.69, 9.17) is 4.42 Å². The lowest BCUT2D eigenvalue weighted by molar-refractivity contribution is 0.670. The number of fused-ring (bicyclic) bond motifs is 6. The maximum absolute atomic E-state index is 6.47. The lowest BCUT2D eigenvalue weighted by Gasteiger charge is -2.26. The van der Waals surface area contributed by atoms with Crippen molar-refractivity contribution < 1.29 is 4.42 Å². The van der Waals surface area contributed by atoms with Crippen molar-refractivity contribution in [2.45, 2.75) is 0 Å². The Balaban J connectivity index is 0.881. The minimum atomic E-state index is 0.899. The van der Waals surface area contributed by atoms with Gasteiger partial charge in [0.1, 0.15) is 11.2 Å². The second kappa shape index (κ2) is 16.9. The first-order valence-electron chi connectivity index (χ1n) is 23.6. The van der Waals surface area contributed by atoms with E-state index in [1.165, 1.54) is 55.2 Å². The molecule has 3 heteroatoms. The molecule has 0 atom stereocenters.